The molecule has 0 unspecified atom stereocenters. The maximum atomic E-state index is 12.4. The monoisotopic (exact) mass is 324 g/mol. The molecule has 24 heavy (non-hydrogen) atoms. The molecule has 6 heteroatoms. The van der Waals surface area contributed by atoms with Crippen molar-refractivity contribution < 1.29 is 4.79 Å². The summed E-state index contributed by atoms with van der Waals surface area (Å²) in [6, 6.07) is 14.9. The number of fused-ring (bicyclic) bond motifs is 1. The largest absolute Gasteiger partial charge is 0.325 e. The first-order valence-electron chi connectivity index (χ1n) is 7.87. The molecule has 0 saturated heterocycles. The number of nitrogens with one attached hydrogen (secondary N) is 4. The van der Waals surface area contributed by atoms with E-state index in [0.717, 1.165) is 5.56 Å². The summed E-state index contributed by atoms with van der Waals surface area (Å²) in [7, 11) is 0. The maximum Gasteiger partial charge on any atom is 0.323 e. The summed E-state index contributed by atoms with van der Waals surface area (Å²) in [5, 5.41) is 6.14. The second kappa shape index (κ2) is 6.72. The third kappa shape index (κ3) is 3.55. The Bertz CT molecular complexity index is 898. The first-order chi connectivity index (χ1) is 11.5. The van der Waals surface area contributed by atoms with Crippen LogP contribution in [-0.4, -0.2) is 21.9 Å². The van der Waals surface area contributed by atoms with Crippen LogP contribution < -0.4 is 16.3 Å². The Balaban J connectivity index is 1.65. The van der Waals surface area contributed by atoms with Gasteiger partial charge >= 0.3 is 5.69 Å². The number of amides is 1. The van der Waals surface area contributed by atoms with Crippen molar-refractivity contribution in [1.82, 2.24) is 15.3 Å². The van der Waals surface area contributed by atoms with Gasteiger partial charge in [-0.3, -0.25) is 10.1 Å². The molecule has 1 heterocycles. The summed E-state index contributed by atoms with van der Waals surface area (Å²) in [4.78, 5) is 29.0. The van der Waals surface area contributed by atoms with E-state index in [1.807, 2.05) is 44.2 Å². The number of aromatic amines is 2. The van der Waals surface area contributed by atoms with Gasteiger partial charge in [-0.2, -0.15) is 0 Å². The van der Waals surface area contributed by atoms with Gasteiger partial charge in [0.2, 0.25) is 5.91 Å². The highest BCUT2D eigenvalue weighted by Gasteiger charge is 2.16. The first-order valence-corrected chi connectivity index (χ1v) is 7.87. The molecule has 6 nitrogen and oxygen atoms in total. The van der Waals surface area contributed by atoms with Crippen molar-refractivity contribution in [1.29, 1.82) is 0 Å². The third-order valence-electron chi connectivity index (χ3n) is 3.98. The van der Waals surface area contributed by atoms with Crippen LogP contribution >= 0.6 is 0 Å². The van der Waals surface area contributed by atoms with Crippen molar-refractivity contribution in [3.8, 4) is 0 Å². The van der Waals surface area contributed by atoms with Crippen LogP contribution in [0.3, 0.4) is 0 Å². The lowest BCUT2D eigenvalue weighted by Crippen LogP contribution is -2.39. The highest BCUT2D eigenvalue weighted by Crippen LogP contribution is 2.16. The summed E-state index contributed by atoms with van der Waals surface area (Å²) in [5.41, 5.74) is 2.88. The normalized spacial score (nSPS) is 13.6. The van der Waals surface area contributed by atoms with Crippen LogP contribution in [0.5, 0.6) is 0 Å². The molecule has 0 spiro atoms. The summed E-state index contributed by atoms with van der Waals surface area (Å²) >= 11 is 0. The molecule has 3 aromatic rings. The van der Waals surface area contributed by atoms with E-state index in [-0.39, 0.29) is 23.7 Å². The zero-order valence-electron chi connectivity index (χ0n) is 13.6. The van der Waals surface area contributed by atoms with Gasteiger partial charge in [0.1, 0.15) is 0 Å². The number of carbonyl (C=O) groups is 1. The molecule has 1 amide bonds. The number of imidazole rings is 1. The fourth-order valence-electron chi connectivity index (χ4n) is 2.65. The van der Waals surface area contributed by atoms with Crippen LogP contribution in [0.2, 0.25) is 0 Å². The number of benzene rings is 2. The quantitative estimate of drug-likeness (QED) is 0.581. The van der Waals surface area contributed by atoms with Crippen LogP contribution in [0, 0.1) is 0 Å². The van der Waals surface area contributed by atoms with E-state index in [4.69, 9.17) is 0 Å². The Morgan fingerprint density at radius 2 is 1.71 bits per heavy atom. The first kappa shape index (κ1) is 16.0. The van der Waals surface area contributed by atoms with E-state index in [9.17, 15) is 9.59 Å². The van der Waals surface area contributed by atoms with Crippen molar-refractivity contribution in [2.45, 2.75) is 25.9 Å². The fourth-order valence-corrected chi connectivity index (χ4v) is 2.65. The fraction of sp³-hybridized carbons (Fsp3) is 0.222. The molecule has 0 aliphatic carbocycles. The maximum absolute atomic E-state index is 12.4. The summed E-state index contributed by atoms with van der Waals surface area (Å²) in [6.45, 7) is 3.85. The van der Waals surface area contributed by atoms with E-state index in [0.29, 0.717) is 16.7 Å². The van der Waals surface area contributed by atoms with Gasteiger partial charge in [-0.25, -0.2) is 4.79 Å². The Labute approximate surface area is 139 Å². The SMILES string of the molecule is C[C@H](N[C@H](C)c1ccccc1)C(=O)Nc1ccc2[nH]c(=O)[nH]c2c1. The third-order valence-corrected chi connectivity index (χ3v) is 3.98. The van der Waals surface area contributed by atoms with Gasteiger partial charge in [-0.1, -0.05) is 30.3 Å². The van der Waals surface area contributed by atoms with Gasteiger partial charge < -0.3 is 15.3 Å². The topological polar surface area (TPSA) is 89.8 Å². The van der Waals surface area contributed by atoms with Crippen LogP contribution in [-0.2, 0) is 4.79 Å². The predicted molar refractivity (Wildman–Crippen MR) is 95.0 cm³/mol. The number of rotatable bonds is 5. The predicted octanol–water partition coefficient (Wildman–Crippen LogP) is 2.53. The number of carbonyl (C=O) groups excluding carboxylic acids is 1. The average molecular weight is 324 g/mol. The molecule has 0 aliphatic heterocycles. The van der Waals surface area contributed by atoms with E-state index < -0.39 is 0 Å². The minimum Gasteiger partial charge on any atom is -0.325 e. The standard InChI is InChI=1S/C18H20N4O2/c1-11(13-6-4-3-5-7-13)19-12(2)17(23)20-14-8-9-15-16(10-14)22-18(24)21-15/h3-12,19H,1-2H3,(H,20,23)(H2,21,22,24)/t11-,12+/m1/s1. The molecule has 2 atom stereocenters. The molecule has 0 aliphatic rings. The lowest BCUT2D eigenvalue weighted by atomic mass is 10.1. The smallest absolute Gasteiger partial charge is 0.323 e. The molecule has 0 saturated carbocycles. The van der Waals surface area contributed by atoms with Crippen molar-refractivity contribution in [3.05, 3.63) is 64.6 Å². The number of hydrogen-bond donors (Lipinski definition) is 4. The molecule has 124 valence electrons. The lowest BCUT2D eigenvalue weighted by Gasteiger charge is -2.20. The van der Waals surface area contributed by atoms with Crippen LogP contribution in [0.4, 0.5) is 5.69 Å². The molecule has 2 aromatic carbocycles. The van der Waals surface area contributed by atoms with Crippen molar-refractivity contribution in [2.24, 2.45) is 0 Å². The van der Waals surface area contributed by atoms with Gasteiger partial charge in [-0.05, 0) is 37.6 Å². The number of aromatic nitrogens is 2. The van der Waals surface area contributed by atoms with Crippen LogP contribution in [0.15, 0.2) is 53.3 Å². The molecular formula is C18H20N4O2. The van der Waals surface area contributed by atoms with Gasteiger partial charge in [0, 0.05) is 11.7 Å². The molecule has 4 N–H and O–H groups in total. The van der Waals surface area contributed by atoms with Gasteiger partial charge in [0.15, 0.2) is 0 Å². The zero-order valence-corrected chi connectivity index (χ0v) is 13.6. The zero-order chi connectivity index (χ0) is 17.1. The molecule has 0 fully saturated rings. The van der Waals surface area contributed by atoms with E-state index in [2.05, 4.69) is 20.6 Å². The van der Waals surface area contributed by atoms with Crippen molar-refractivity contribution >= 4 is 22.6 Å². The second-order valence-corrected chi connectivity index (χ2v) is 5.85. The highest BCUT2D eigenvalue weighted by atomic mass is 16.2. The minimum atomic E-state index is -0.360. The Kier molecular flexibility index (Phi) is 4.48. The lowest BCUT2D eigenvalue weighted by molar-refractivity contribution is -0.117. The Hall–Kier alpha value is -2.86. The minimum absolute atomic E-state index is 0.0652. The van der Waals surface area contributed by atoms with Crippen molar-refractivity contribution in [3.63, 3.8) is 0 Å². The van der Waals surface area contributed by atoms with Gasteiger partial charge in [0.25, 0.3) is 0 Å². The Morgan fingerprint density at radius 3 is 2.46 bits per heavy atom. The van der Waals surface area contributed by atoms with E-state index >= 15 is 0 Å². The van der Waals surface area contributed by atoms with Crippen LogP contribution in [0.1, 0.15) is 25.5 Å². The molecule has 3 rings (SSSR count). The average Bonchev–Trinajstić information content (AvgIpc) is 2.94. The second-order valence-electron chi connectivity index (χ2n) is 5.85. The molecular weight excluding hydrogens is 304 g/mol. The van der Waals surface area contributed by atoms with Gasteiger partial charge in [0.05, 0.1) is 17.1 Å². The van der Waals surface area contributed by atoms with E-state index in [1.54, 1.807) is 18.2 Å². The molecule has 0 bridgehead atoms. The summed E-state index contributed by atoms with van der Waals surface area (Å²) in [6.07, 6.45) is 0. The molecule has 1 aromatic heterocycles. The highest BCUT2D eigenvalue weighted by molar-refractivity contribution is 5.96. The Morgan fingerprint density at radius 1 is 1.00 bits per heavy atom. The molecule has 0 radical (unpaired) electrons. The van der Waals surface area contributed by atoms with Crippen LogP contribution in [0.25, 0.3) is 11.0 Å². The summed E-state index contributed by atoms with van der Waals surface area (Å²) < 4.78 is 0. The summed E-state index contributed by atoms with van der Waals surface area (Å²) in [5.74, 6) is -0.130. The van der Waals surface area contributed by atoms with Crippen molar-refractivity contribution in [2.75, 3.05) is 5.32 Å². The number of anilines is 1. The number of hydrogen-bond acceptors (Lipinski definition) is 3. The number of H-pyrrole nitrogens is 2. The van der Waals surface area contributed by atoms with E-state index in [1.165, 1.54) is 0 Å². The van der Waals surface area contributed by atoms with Gasteiger partial charge in [-0.15, -0.1) is 0 Å².